The summed E-state index contributed by atoms with van der Waals surface area (Å²) in [5.41, 5.74) is 1.01. The molecular weight excluding hydrogens is 412 g/mol. The van der Waals surface area contributed by atoms with E-state index >= 15 is 0 Å². The number of hydrogen-bond acceptors (Lipinski definition) is 4. The van der Waals surface area contributed by atoms with Gasteiger partial charge in [-0.05, 0) is 59.0 Å². The first-order valence-corrected chi connectivity index (χ1v) is 9.66. The van der Waals surface area contributed by atoms with E-state index in [9.17, 15) is 9.59 Å². The van der Waals surface area contributed by atoms with Crippen LogP contribution in [0.4, 0.5) is 0 Å². The molecule has 1 N–H and O–H groups in total. The fraction of sp³-hybridized carbons (Fsp3) is 0.400. The van der Waals surface area contributed by atoms with E-state index in [4.69, 9.17) is 9.47 Å². The first kappa shape index (κ1) is 21.0. The number of hydrogen-bond donors (Lipinski definition) is 1. The highest BCUT2D eigenvalue weighted by molar-refractivity contribution is 9.10. The SMILES string of the molecule is COc1ccc(CCC(=O)NCCCCn2cc(Br)ccc2=O)cc1OC. The van der Waals surface area contributed by atoms with Crippen LogP contribution in [-0.4, -0.2) is 31.2 Å². The van der Waals surface area contributed by atoms with Crippen molar-refractivity contribution >= 4 is 21.8 Å². The Morgan fingerprint density at radius 3 is 2.63 bits per heavy atom. The fourth-order valence-corrected chi connectivity index (χ4v) is 3.07. The Morgan fingerprint density at radius 1 is 1.11 bits per heavy atom. The molecule has 0 aliphatic heterocycles. The minimum atomic E-state index is -0.0165. The fourth-order valence-electron chi connectivity index (χ4n) is 2.69. The summed E-state index contributed by atoms with van der Waals surface area (Å²) in [5, 5.41) is 2.92. The predicted molar refractivity (Wildman–Crippen MR) is 109 cm³/mol. The number of pyridine rings is 1. The van der Waals surface area contributed by atoms with Crippen molar-refractivity contribution in [1.29, 1.82) is 0 Å². The monoisotopic (exact) mass is 436 g/mol. The smallest absolute Gasteiger partial charge is 0.250 e. The van der Waals surface area contributed by atoms with Crippen molar-refractivity contribution in [2.24, 2.45) is 0 Å². The summed E-state index contributed by atoms with van der Waals surface area (Å²) in [6.45, 7) is 1.24. The number of amides is 1. The summed E-state index contributed by atoms with van der Waals surface area (Å²) in [5.74, 6) is 1.36. The van der Waals surface area contributed by atoms with Gasteiger partial charge in [0, 0.05) is 36.2 Å². The number of halogens is 1. The van der Waals surface area contributed by atoms with Gasteiger partial charge in [-0.15, -0.1) is 0 Å². The van der Waals surface area contributed by atoms with Crippen molar-refractivity contribution in [3.63, 3.8) is 0 Å². The van der Waals surface area contributed by atoms with Crippen LogP contribution in [0.5, 0.6) is 11.5 Å². The summed E-state index contributed by atoms with van der Waals surface area (Å²) in [6.07, 6.45) is 4.48. The van der Waals surface area contributed by atoms with Gasteiger partial charge in [0.05, 0.1) is 14.2 Å². The number of aromatic nitrogens is 1. The van der Waals surface area contributed by atoms with Crippen molar-refractivity contribution < 1.29 is 14.3 Å². The molecule has 0 unspecified atom stereocenters. The maximum atomic E-state index is 12.0. The first-order chi connectivity index (χ1) is 13.0. The summed E-state index contributed by atoms with van der Waals surface area (Å²) in [7, 11) is 3.19. The lowest BCUT2D eigenvalue weighted by Crippen LogP contribution is -2.25. The Bertz CT molecular complexity index is 820. The summed E-state index contributed by atoms with van der Waals surface area (Å²) in [6, 6.07) is 8.94. The quantitative estimate of drug-likeness (QED) is 0.580. The van der Waals surface area contributed by atoms with E-state index in [0.29, 0.717) is 37.4 Å². The second kappa shape index (κ2) is 10.8. The van der Waals surface area contributed by atoms with Gasteiger partial charge in [-0.3, -0.25) is 9.59 Å². The van der Waals surface area contributed by atoms with Crippen LogP contribution in [0.2, 0.25) is 0 Å². The van der Waals surface area contributed by atoms with Gasteiger partial charge in [-0.25, -0.2) is 0 Å². The summed E-state index contributed by atoms with van der Waals surface area (Å²) < 4.78 is 13.0. The van der Waals surface area contributed by atoms with E-state index in [1.54, 1.807) is 37.1 Å². The molecule has 0 fully saturated rings. The third kappa shape index (κ3) is 6.75. The van der Waals surface area contributed by atoms with Gasteiger partial charge in [0.25, 0.3) is 5.56 Å². The number of nitrogens with one attached hydrogen (secondary N) is 1. The molecule has 0 aliphatic rings. The maximum absolute atomic E-state index is 12.0. The number of aryl methyl sites for hydroxylation is 2. The average molecular weight is 437 g/mol. The first-order valence-electron chi connectivity index (χ1n) is 8.87. The molecule has 7 heteroatoms. The van der Waals surface area contributed by atoms with Crippen molar-refractivity contribution in [3.05, 3.63) is 56.9 Å². The van der Waals surface area contributed by atoms with Gasteiger partial charge in [0.15, 0.2) is 11.5 Å². The second-order valence-electron chi connectivity index (χ2n) is 6.13. The van der Waals surface area contributed by atoms with E-state index in [1.807, 2.05) is 18.2 Å². The maximum Gasteiger partial charge on any atom is 0.250 e. The number of carbonyl (C=O) groups is 1. The third-order valence-corrected chi connectivity index (χ3v) is 4.65. The molecule has 1 aromatic heterocycles. The summed E-state index contributed by atoms with van der Waals surface area (Å²) >= 11 is 3.36. The second-order valence-corrected chi connectivity index (χ2v) is 7.04. The molecule has 0 radical (unpaired) electrons. The Hall–Kier alpha value is -2.28. The Balaban J connectivity index is 1.68. The molecule has 2 aromatic rings. The predicted octanol–water partition coefficient (Wildman–Crippen LogP) is 3.16. The van der Waals surface area contributed by atoms with Gasteiger partial charge >= 0.3 is 0 Å². The molecule has 27 heavy (non-hydrogen) atoms. The van der Waals surface area contributed by atoms with Crippen LogP contribution in [0.25, 0.3) is 0 Å². The van der Waals surface area contributed by atoms with E-state index in [-0.39, 0.29) is 11.5 Å². The molecule has 0 spiro atoms. The number of nitrogens with zero attached hydrogens (tertiary/aromatic N) is 1. The van der Waals surface area contributed by atoms with Crippen LogP contribution in [0.15, 0.2) is 45.8 Å². The average Bonchev–Trinajstić information content (AvgIpc) is 2.68. The zero-order valence-electron chi connectivity index (χ0n) is 15.7. The van der Waals surface area contributed by atoms with Crippen molar-refractivity contribution in [2.45, 2.75) is 32.2 Å². The number of rotatable bonds is 10. The van der Waals surface area contributed by atoms with Gasteiger partial charge in [-0.2, -0.15) is 0 Å². The van der Waals surface area contributed by atoms with Crippen LogP contribution >= 0.6 is 15.9 Å². The summed E-state index contributed by atoms with van der Waals surface area (Å²) in [4.78, 5) is 23.7. The normalized spacial score (nSPS) is 10.5. The lowest BCUT2D eigenvalue weighted by molar-refractivity contribution is -0.121. The van der Waals surface area contributed by atoms with E-state index in [0.717, 1.165) is 22.9 Å². The van der Waals surface area contributed by atoms with Gasteiger partial charge in [-0.1, -0.05) is 6.07 Å². The Labute approximate surface area is 167 Å². The van der Waals surface area contributed by atoms with Crippen LogP contribution in [0.3, 0.4) is 0 Å². The Kier molecular flexibility index (Phi) is 8.39. The lowest BCUT2D eigenvalue weighted by Gasteiger charge is -2.10. The van der Waals surface area contributed by atoms with Crippen LogP contribution < -0.4 is 20.3 Å². The molecule has 6 nitrogen and oxygen atoms in total. The van der Waals surface area contributed by atoms with Crippen LogP contribution in [0.1, 0.15) is 24.8 Å². The largest absolute Gasteiger partial charge is 0.493 e. The standard InChI is InChI=1S/C20H25BrN2O4/c1-26-17-8-5-15(13-18(17)27-2)6-9-19(24)22-11-3-4-12-23-14-16(21)7-10-20(23)25/h5,7-8,10,13-14H,3-4,6,9,11-12H2,1-2H3,(H,22,24). The zero-order chi connectivity index (χ0) is 19.6. The Morgan fingerprint density at radius 2 is 1.89 bits per heavy atom. The molecule has 0 bridgehead atoms. The third-order valence-electron chi connectivity index (χ3n) is 4.18. The van der Waals surface area contributed by atoms with E-state index in [2.05, 4.69) is 21.2 Å². The van der Waals surface area contributed by atoms with Crippen molar-refractivity contribution in [1.82, 2.24) is 9.88 Å². The van der Waals surface area contributed by atoms with Crippen molar-refractivity contribution in [2.75, 3.05) is 20.8 Å². The van der Waals surface area contributed by atoms with Gasteiger partial charge < -0.3 is 19.4 Å². The lowest BCUT2D eigenvalue weighted by atomic mass is 10.1. The molecule has 146 valence electrons. The number of ether oxygens (including phenoxy) is 2. The molecule has 0 aliphatic carbocycles. The molecular formula is C20H25BrN2O4. The number of unbranched alkanes of at least 4 members (excludes halogenated alkanes) is 1. The highest BCUT2D eigenvalue weighted by Gasteiger charge is 2.07. The molecule has 1 aromatic carbocycles. The highest BCUT2D eigenvalue weighted by atomic mass is 79.9. The molecule has 0 saturated carbocycles. The molecule has 0 atom stereocenters. The van der Waals surface area contributed by atoms with Gasteiger partial charge in [0.2, 0.25) is 5.91 Å². The molecule has 1 amide bonds. The van der Waals surface area contributed by atoms with E-state index in [1.165, 1.54) is 0 Å². The molecule has 0 saturated heterocycles. The van der Waals surface area contributed by atoms with Crippen LogP contribution in [0, 0.1) is 0 Å². The number of methoxy groups -OCH3 is 2. The molecule has 1 heterocycles. The van der Waals surface area contributed by atoms with Crippen molar-refractivity contribution in [3.8, 4) is 11.5 Å². The number of benzene rings is 1. The van der Waals surface area contributed by atoms with Crippen LogP contribution in [-0.2, 0) is 17.8 Å². The van der Waals surface area contributed by atoms with E-state index < -0.39 is 0 Å². The zero-order valence-corrected chi connectivity index (χ0v) is 17.3. The highest BCUT2D eigenvalue weighted by Crippen LogP contribution is 2.27. The molecule has 2 rings (SSSR count). The van der Waals surface area contributed by atoms with Gasteiger partial charge in [0.1, 0.15) is 0 Å². The minimum Gasteiger partial charge on any atom is -0.493 e. The number of carbonyl (C=O) groups excluding carboxylic acids is 1. The minimum absolute atomic E-state index is 0.0165. The topological polar surface area (TPSA) is 69.6 Å².